The molecule has 1 fully saturated rings. The van der Waals surface area contributed by atoms with E-state index in [1.807, 2.05) is 24.3 Å². The van der Waals surface area contributed by atoms with Crippen LogP contribution < -0.4 is 15.5 Å². The molecule has 0 saturated carbocycles. The summed E-state index contributed by atoms with van der Waals surface area (Å²) in [7, 11) is 0. The molecular formula is C21H21FN4OS. The molecule has 1 saturated heterocycles. The van der Waals surface area contributed by atoms with E-state index in [1.165, 1.54) is 6.07 Å². The normalized spacial score (nSPS) is 19.0. The fraction of sp³-hybridized carbons (Fsp3) is 0.333. The lowest BCUT2D eigenvalue weighted by Gasteiger charge is -2.26. The molecule has 28 heavy (non-hydrogen) atoms. The first-order chi connectivity index (χ1) is 13.7. The van der Waals surface area contributed by atoms with Gasteiger partial charge in [-0.15, -0.1) is 0 Å². The number of rotatable bonds is 3. The molecule has 1 aliphatic heterocycles. The van der Waals surface area contributed by atoms with Crippen LogP contribution in [-0.4, -0.2) is 37.1 Å². The summed E-state index contributed by atoms with van der Waals surface area (Å²) in [6.07, 6.45) is 1.40. The van der Waals surface area contributed by atoms with Gasteiger partial charge < -0.3 is 15.5 Å². The number of amides is 1. The van der Waals surface area contributed by atoms with Crippen LogP contribution in [-0.2, 0) is 6.42 Å². The molecule has 5 rings (SSSR count). The van der Waals surface area contributed by atoms with Crippen LogP contribution >= 0.6 is 11.3 Å². The number of nitrogens with zero attached hydrogens (tertiary/aromatic N) is 2. The van der Waals surface area contributed by atoms with Crippen molar-refractivity contribution in [2.45, 2.75) is 18.9 Å². The second-order valence-corrected chi connectivity index (χ2v) is 8.30. The van der Waals surface area contributed by atoms with E-state index >= 15 is 0 Å². The Morgan fingerprint density at radius 2 is 2.11 bits per heavy atom. The van der Waals surface area contributed by atoms with Gasteiger partial charge in [-0.05, 0) is 48.2 Å². The van der Waals surface area contributed by atoms with Crippen LogP contribution in [0.5, 0.6) is 0 Å². The molecule has 1 aromatic heterocycles. The molecule has 7 heteroatoms. The average molecular weight is 396 g/mol. The number of thiazole rings is 1. The summed E-state index contributed by atoms with van der Waals surface area (Å²) in [6, 6.07) is 10.6. The van der Waals surface area contributed by atoms with Crippen molar-refractivity contribution in [2.75, 3.05) is 31.1 Å². The summed E-state index contributed by atoms with van der Waals surface area (Å²) >= 11 is 1.63. The van der Waals surface area contributed by atoms with Crippen molar-refractivity contribution < 1.29 is 9.18 Å². The molecule has 2 aromatic carbocycles. The maximum Gasteiger partial charge on any atom is 0.251 e. The molecule has 0 unspecified atom stereocenters. The smallest absolute Gasteiger partial charge is 0.251 e. The summed E-state index contributed by atoms with van der Waals surface area (Å²) in [4.78, 5) is 19.8. The Morgan fingerprint density at radius 3 is 2.96 bits per heavy atom. The van der Waals surface area contributed by atoms with E-state index < -0.39 is 0 Å². The molecule has 1 amide bonds. The first-order valence-corrected chi connectivity index (χ1v) is 10.4. The number of benzene rings is 2. The van der Waals surface area contributed by atoms with Gasteiger partial charge in [-0.25, -0.2) is 9.37 Å². The van der Waals surface area contributed by atoms with Crippen LogP contribution in [0.2, 0.25) is 0 Å². The number of fused-ring (bicyclic) bond motifs is 2. The van der Waals surface area contributed by atoms with Gasteiger partial charge in [0.2, 0.25) is 0 Å². The molecule has 2 N–H and O–H groups in total. The van der Waals surface area contributed by atoms with Crippen molar-refractivity contribution in [3.8, 4) is 0 Å². The lowest BCUT2D eigenvalue weighted by atomic mass is 10.1. The summed E-state index contributed by atoms with van der Waals surface area (Å²) < 4.78 is 14.9. The summed E-state index contributed by atoms with van der Waals surface area (Å²) in [5.74, 6) is -0.304. The zero-order valence-corrected chi connectivity index (χ0v) is 16.2. The van der Waals surface area contributed by atoms with Crippen molar-refractivity contribution in [3.05, 3.63) is 58.9 Å². The van der Waals surface area contributed by atoms with E-state index in [9.17, 15) is 9.18 Å². The standard InChI is InChI=1S/C21H21FN4OS/c22-16-3-1-2-15-14(16)5-7-17(15)24-20(27)13-4-6-18-19(12-13)28-21(25-18)26-10-8-23-9-11-26/h1-4,6,12,17,23H,5,7-11H2,(H,24,27)/t17-/m0/s1. The second kappa shape index (κ2) is 7.14. The Labute approximate surface area is 166 Å². The maximum atomic E-state index is 13.9. The third-order valence-electron chi connectivity index (χ3n) is 5.55. The number of hydrogen-bond donors (Lipinski definition) is 2. The summed E-state index contributed by atoms with van der Waals surface area (Å²) in [5, 5.41) is 7.43. The molecule has 0 spiro atoms. The van der Waals surface area contributed by atoms with Crippen molar-refractivity contribution in [3.63, 3.8) is 0 Å². The van der Waals surface area contributed by atoms with E-state index in [-0.39, 0.29) is 17.8 Å². The third kappa shape index (κ3) is 3.14. The molecule has 1 atom stereocenters. The maximum absolute atomic E-state index is 13.9. The van der Waals surface area contributed by atoms with Gasteiger partial charge in [0, 0.05) is 31.7 Å². The van der Waals surface area contributed by atoms with Gasteiger partial charge >= 0.3 is 0 Å². The molecular weight excluding hydrogens is 375 g/mol. The van der Waals surface area contributed by atoms with Gasteiger partial charge in [0.1, 0.15) is 5.82 Å². The quantitative estimate of drug-likeness (QED) is 0.714. The topological polar surface area (TPSA) is 57.3 Å². The highest BCUT2D eigenvalue weighted by Crippen LogP contribution is 2.33. The number of aromatic nitrogens is 1. The number of carbonyl (C=O) groups is 1. The van der Waals surface area contributed by atoms with E-state index in [0.717, 1.165) is 59.1 Å². The zero-order valence-electron chi connectivity index (χ0n) is 15.4. The predicted octanol–water partition coefficient (Wildman–Crippen LogP) is 3.26. The monoisotopic (exact) mass is 396 g/mol. The van der Waals surface area contributed by atoms with Crippen molar-refractivity contribution in [1.29, 1.82) is 0 Å². The first-order valence-electron chi connectivity index (χ1n) is 9.63. The minimum Gasteiger partial charge on any atom is -0.346 e. The Hall–Kier alpha value is -2.51. The van der Waals surface area contributed by atoms with E-state index in [4.69, 9.17) is 4.98 Å². The average Bonchev–Trinajstić information content (AvgIpc) is 3.33. The van der Waals surface area contributed by atoms with Gasteiger partial charge in [-0.2, -0.15) is 0 Å². The molecule has 2 heterocycles. The van der Waals surface area contributed by atoms with Gasteiger partial charge in [-0.3, -0.25) is 4.79 Å². The van der Waals surface area contributed by atoms with E-state index in [1.54, 1.807) is 17.4 Å². The lowest BCUT2D eigenvalue weighted by molar-refractivity contribution is 0.0937. The molecule has 2 aliphatic rings. The van der Waals surface area contributed by atoms with Gasteiger partial charge in [0.05, 0.1) is 16.3 Å². The summed E-state index contributed by atoms with van der Waals surface area (Å²) in [5.41, 5.74) is 3.16. The minimum atomic E-state index is -0.180. The SMILES string of the molecule is O=C(N[C@H]1CCc2c(F)cccc21)c1ccc2nc(N3CCNCC3)sc2c1. The molecule has 0 radical (unpaired) electrons. The minimum absolute atomic E-state index is 0.124. The van der Waals surface area contributed by atoms with Gasteiger partial charge in [0.15, 0.2) is 5.13 Å². The van der Waals surface area contributed by atoms with Crippen LogP contribution in [0.4, 0.5) is 9.52 Å². The van der Waals surface area contributed by atoms with Crippen molar-refractivity contribution in [2.24, 2.45) is 0 Å². The largest absolute Gasteiger partial charge is 0.346 e. The number of halogens is 1. The number of hydrogen-bond acceptors (Lipinski definition) is 5. The molecule has 1 aliphatic carbocycles. The molecule has 3 aromatic rings. The van der Waals surface area contributed by atoms with E-state index in [0.29, 0.717) is 12.0 Å². The zero-order chi connectivity index (χ0) is 19.1. The molecule has 0 bridgehead atoms. The Morgan fingerprint density at radius 1 is 1.25 bits per heavy atom. The highest BCUT2D eigenvalue weighted by atomic mass is 32.1. The Balaban J connectivity index is 1.36. The number of piperazine rings is 1. The van der Waals surface area contributed by atoms with Crippen LogP contribution in [0, 0.1) is 5.82 Å². The highest BCUT2D eigenvalue weighted by Gasteiger charge is 2.26. The summed E-state index contributed by atoms with van der Waals surface area (Å²) in [6.45, 7) is 3.83. The highest BCUT2D eigenvalue weighted by molar-refractivity contribution is 7.22. The van der Waals surface area contributed by atoms with Gasteiger partial charge in [0.25, 0.3) is 5.91 Å². The first kappa shape index (κ1) is 17.6. The second-order valence-electron chi connectivity index (χ2n) is 7.29. The lowest BCUT2D eigenvalue weighted by Crippen LogP contribution is -2.43. The fourth-order valence-electron chi connectivity index (χ4n) is 4.05. The van der Waals surface area contributed by atoms with Crippen LogP contribution in [0.1, 0.15) is 33.9 Å². The molecule has 5 nitrogen and oxygen atoms in total. The van der Waals surface area contributed by atoms with Crippen LogP contribution in [0.25, 0.3) is 10.2 Å². The number of anilines is 1. The third-order valence-corrected chi connectivity index (χ3v) is 6.62. The van der Waals surface area contributed by atoms with Crippen molar-refractivity contribution in [1.82, 2.24) is 15.6 Å². The predicted molar refractivity (Wildman–Crippen MR) is 110 cm³/mol. The molecule has 144 valence electrons. The number of carbonyl (C=O) groups excluding carboxylic acids is 1. The van der Waals surface area contributed by atoms with Gasteiger partial charge in [-0.1, -0.05) is 23.5 Å². The van der Waals surface area contributed by atoms with E-state index in [2.05, 4.69) is 15.5 Å². The van der Waals surface area contributed by atoms with Crippen molar-refractivity contribution >= 4 is 32.6 Å². The van der Waals surface area contributed by atoms with Crippen LogP contribution in [0.3, 0.4) is 0 Å². The Kier molecular flexibility index (Phi) is 4.49. The fourth-order valence-corrected chi connectivity index (χ4v) is 5.10. The van der Waals surface area contributed by atoms with Crippen LogP contribution in [0.15, 0.2) is 36.4 Å². The Bertz CT molecular complexity index is 1040. The number of nitrogens with one attached hydrogen (secondary N) is 2.